The lowest BCUT2D eigenvalue weighted by molar-refractivity contribution is -0.384. The first-order chi connectivity index (χ1) is 12.1. The summed E-state index contributed by atoms with van der Waals surface area (Å²) in [6, 6.07) is 7.35. The van der Waals surface area contributed by atoms with Crippen LogP contribution in [-0.2, 0) is 10.0 Å². The van der Waals surface area contributed by atoms with Gasteiger partial charge in [-0.15, -0.1) is 16.0 Å². The lowest BCUT2D eigenvalue weighted by Gasteiger charge is -2.11. The van der Waals surface area contributed by atoms with Gasteiger partial charge in [0.2, 0.25) is 0 Å². The number of rotatable bonds is 6. The molecule has 12 heteroatoms. The number of sulfonamides is 1. The molecule has 26 heavy (non-hydrogen) atoms. The van der Waals surface area contributed by atoms with Crippen LogP contribution in [0.15, 0.2) is 45.7 Å². The zero-order valence-electron chi connectivity index (χ0n) is 12.7. The highest BCUT2D eigenvalue weighted by molar-refractivity contribution is 7.90. The van der Waals surface area contributed by atoms with Crippen LogP contribution < -0.4 is 10.5 Å². The number of benzene rings is 2. The molecule has 0 aliphatic carbocycles. The van der Waals surface area contributed by atoms with Crippen molar-refractivity contribution in [1.29, 1.82) is 0 Å². The fourth-order valence-electron chi connectivity index (χ4n) is 1.77. The standard InChI is InChI=1S/C14H10Cl3N3O5S/c15-7-13(18)19-26(23,24)10-5-11(16)14(12(17)6-10)25-9-3-1-8(2-4-9)20(21)22/h1-6H,7H2,(H2,18,19). The third-order valence-corrected chi connectivity index (χ3v) is 5.05. The van der Waals surface area contributed by atoms with Gasteiger partial charge in [0.1, 0.15) is 11.6 Å². The number of nitro groups is 1. The summed E-state index contributed by atoms with van der Waals surface area (Å²) in [5.74, 6) is -0.345. The molecule has 0 bridgehead atoms. The second-order valence-electron chi connectivity index (χ2n) is 4.76. The number of amidine groups is 1. The fourth-order valence-corrected chi connectivity index (χ4v) is 3.60. The zero-order chi connectivity index (χ0) is 19.5. The Labute approximate surface area is 163 Å². The number of alkyl halides is 1. The summed E-state index contributed by atoms with van der Waals surface area (Å²) in [6.07, 6.45) is 0. The Kier molecular flexibility index (Phi) is 6.30. The summed E-state index contributed by atoms with van der Waals surface area (Å²) in [5.41, 5.74) is 5.22. The van der Waals surface area contributed by atoms with E-state index in [-0.39, 0.29) is 43.8 Å². The number of nitrogens with zero attached hydrogens (tertiary/aromatic N) is 2. The second kappa shape index (κ2) is 8.09. The van der Waals surface area contributed by atoms with Gasteiger partial charge in [0.05, 0.1) is 25.7 Å². The van der Waals surface area contributed by atoms with E-state index >= 15 is 0 Å². The van der Waals surface area contributed by atoms with Crippen LogP contribution in [0.2, 0.25) is 10.0 Å². The first-order valence-electron chi connectivity index (χ1n) is 6.70. The van der Waals surface area contributed by atoms with Crippen molar-refractivity contribution in [2.24, 2.45) is 10.1 Å². The highest BCUT2D eigenvalue weighted by Gasteiger charge is 2.20. The Hall–Kier alpha value is -2.07. The van der Waals surface area contributed by atoms with E-state index < -0.39 is 14.9 Å². The van der Waals surface area contributed by atoms with Crippen molar-refractivity contribution in [2.45, 2.75) is 4.90 Å². The molecular weight excluding hydrogens is 429 g/mol. The molecule has 2 aromatic rings. The largest absolute Gasteiger partial charge is 0.454 e. The minimum Gasteiger partial charge on any atom is -0.454 e. The van der Waals surface area contributed by atoms with Crippen LogP contribution in [0, 0.1) is 10.1 Å². The lowest BCUT2D eigenvalue weighted by atomic mass is 10.3. The number of nitro benzene ring substituents is 1. The molecule has 0 amide bonds. The van der Waals surface area contributed by atoms with Gasteiger partial charge in [-0.1, -0.05) is 23.2 Å². The second-order valence-corrected chi connectivity index (χ2v) is 7.45. The summed E-state index contributed by atoms with van der Waals surface area (Å²) in [5, 5.41) is 10.4. The minimum absolute atomic E-state index is 0.0181. The Balaban J connectivity index is 2.37. The highest BCUT2D eigenvalue weighted by atomic mass is 35.5. The summed E-state index contributed by atoms with van der Waals surface area (Å²) >= 11 is 17.5. The van der Waals surface area contributed by atoms with Crippen LogP contribution >= 0.6 is 34.8 Å². The molecule has 0 aliphatic heterocycles. The average molecular weight is 439 g/mol. The van der Waals surface area contributed by atoms with Crippen molar-refractivity contribution in [1.82, 2.24) is 0 Å². The van der Waals surface area contributed by atoms with Crippen molar-refractivity contribution < 1.29 is 18.1 Å². The van der Waals surface area contributed by atoms with Crippen LogP contribution in [0.5, 0.6) is 11.5 Å². The van der Waals surface area contributed by atoms with Gasteiger partial charge in [-0.25, -0.2) is 0 Å². The maximum absolute atomic E-state index is 12.1. The molecule has 0 aliphatic rings. The van der Waals surface area contributed by atoms with Crippen LogP contribution in [0.4, 0.5) is 5.69 Å². The Morgan fingerprint density at radius 2 is 1.73 bits per heavy atom. The predicted octanol–water partition coefficient (Wildman–Crippen LogP) is 3.98. The summed E-state index contributed by atoms with van der Waals surface area (Å²) in [7, 11) is -4.14. The first-order valence-corrected chi connectivity index (χ1v) is 9.43. The van der Waals surface area contributed by atoms with E-state index in [4.69, 9.17) is 45.3 Å². The molecule has 0 radical (unpaired) electrons. The van der Waals surface area contributed by atoms with Gasteiger partial charge in [0, 0.05) is 12.1 Å². The molecule has 2 rings (SSSR count). The van der Waals surface area contributed by atoms with E-state index in [2.05, 4.69) is 4.40 Å². The van der Waals surface area contributed by atoms with Crippen molar-refractivity contribution in [3.05, 3.63) is 56.6 Å². The fraction of sp³-hybridized carbons (Fsp3) is 0.0714. The zero-order valence-corrected chi connectivity index (χ0v) is 15.8. The van der Waals surface area contributed by atoms with Crippen LogP contribution in [0.25, 0.3) is 0 Å². The third-order valence-electron chi connectivity index (χ3n) is 2.91. The van der Waals surface area contributed by atoms with E-state index in [1.165, 1.54) is 24.3 Å². The van der Waals surface area contributed by atoms with E-state index in [1.807, 2.05) is 0 Å². The number of nitrogens with two attached hydrogens (primary N) is 1. The first kappa shape index (κ1) is 20.2. The Morgan fingerprint density at radius 3 is 2.19 bits per heavy atom. The lowest BCUT2D eigenvalue weighted by Crippen LogP contribution is -2.16. The van der Waals surface area contributed by atoms with Gasteiger partial charge in [-0.05, 0) is 24.3 Å². The maximum atomic E-state index is 12.1. The molecule has 0 aromatic heterocycles. The van der Waals surface area contributed by atoms with Gasteiger partial charge in [0.15, 0.2) is 5.75 Å². The minimum atomic E-state index is -4.14. The van der Waals surface area contributed by atoms with E-state index in [9.17, 15) is 18.5 Å². The van der Waals surface area contributed by atoms with Crippen LogP contribution in [0.1, 0.15) is 0 Å². The molecule has 0 spiro atoms. The van der Waals surface area contributed by atoms with Gasteiger partial charge in [-0.3, -0.25) is 10.1 Å². The molecule has 0 atom stereocenters. The van der Waals surface area contributed by atoms with Gasteiger partial charge in [0.25, 0.3) is 15.7 Å². The van der Waals surface area contributed by atoms with Crippen molar-refractivity contribution >= 4 is 56.3 Å². The topological polar surface area (TPSA) is 125 Å². The quantitative estimate of drug-likeness (QED) is 0.239. The molecule has 0 fully saturated rings. The Bertz CT molecular complexity index is 955. The van der Waals surface area contributed by atoms with Gasteiger partial charge in [-0.2, -0.15) is 8.42 Å². The molecule has 0 saturated carbocycles. The molecule has 0 saturated heterocycles. The van der Waals surface area contributed by atoms with Gasteiger partial charge >= 0.3 is 0 Å². The van der Waals surface area contributed by atoms with Crippen LogP contribution in [-0.4, -0.2) is 25.1 Å². The number of hydrogen-bond acceptors (Lipinski definition) is 5. The smallest absolute Gasteiger partial charge is 0.284 e. The van der Waals surface area contributed by atoms with Crippen molar-refractivity contribution in [2.75, 3.05) is 5.88 Å². The predicted molar refractivity (Wildman–Crippen MR) is 99.2 cm³/mol. The Morgan fingerprint density at radius 1 is 1.19 bits per heavy atom. The van der Waals surface area contributed by atoms with Crippen molar-refractivity contribution in [3.63, 3.8) is 0 Å². The average Bonchev–Trinajstić information content (AvgIpc) is 2.57. The molecule has 138 valence electrons. The maximum Gasteiger partial charge on any atom is 0.284 e. The summed E-state index contributed by atoms with van der Waals surface area (Å²) in [6.45, 7) is 0. The molecule has 8 nitrogen and oxygen atoms in total. The number of ether oxygens (including phenoxy) is 1. The van der Waals surface area contributed by atoms with Crippen LogP contribution in [0.3, 0.4) is 0 Å². The van der Waals surface area contributed by atoms with E-state index in [0.29, 0.717) is 0 Å². The number of non-ortho nitro benzene ring substituents is 1. The van der Waals surface area contributed by atoms with Gasteiger partial charge < -0.3 is 10.5 Å². The summed E-state index contributed by atoms with van der Waals surface area (Å²) in [4.78, 5) is 9.79. The number of hydrogen-bond donors (Lipinski definition) is 1. The number of halogens is 3. The molecule has 0 heterocycles. The summed E-state index contributed by atoms with van der Waals surface area (Å²) < 4.78 is 33.1. The molecular formula is C14H10Cl3N3O5S. The van der Waals surface area contributed by atoms with E-state index in [0.717, 1.165) is 12.1 Å². The van der Waals surface area contributed by atoms with Crippen molar-refractivity contribution in [3.8, 4) is 11.5 Å². The van der Waals surface area contributed by atoms with E-state index in [1.54, 1.807) is 0 Å². The molecule has 0 unspecified atom stereocenters. The molecule has 2 N–H and O–H groups in total. The monoisotopic (exact) mass is 437 g/mol. The SMILES string of the molecule is N/C(CCl)=N\S(=O)(=O)c1cc(Cl)c(Oc2ccc([N+](=O)[O-])cc2)c(Cl)c1. The third kappa shape index (κ3) is 4.76. The molecule has 2 aromatic carbocycles. The highest BCUT2D eigenvalue weighted by Crippen LogP contribution is 2.39. The normalized spacial score (nSPS) is 12.0.